The second-order valence-corrected chi connectivity index (χ2v) is 7.20. The molecule has 0 aliphatic heterocycles. The zero-order valence-electron chi connectivity index (χ0n) is 11.9. The monoisotopic (exact) mass is 302 g/mol. The van der Waals surface area contributed by atoms with E-state index in [4.69, 9.17) is 5.73 Å². The molecule has 1 heterocycles. The summed E-state index contributed by atoms with van der Waals surface area (Å²) < 4.78 is 0. The van der Waals surface area contributed by atoms with Gasteiger partial charge in [0.15, 0.2) is 5.13 Å². The number of thiazole rings is 1. The smallest absolute Gasteiger partial charge is 0.265 e. The van der Waals surface area contributed by atoms with Crippen molar-refractivity contribution in [3.8, 4) is 0 Å². The average molecular weight is 302 g/mol. The van der Waals surface area contributed by atoms with E-state index in [2.05, 4.69) is 15.6 Å². The maximum Gasteiger partial charge on any atom is 0.265 e. The Morgan fingerprint density at radius 1 is 1.47 bits per heavy atom. The summed E-state index contributed by atoms with van der Waals surface area (Å²) in [4.78, 5) is 16.6. The lowest BCUT2D eigenvalue weighted by Gasteiger charge is -2.19. The normalized spacial score (nSPS) is 11.4. The third-order valence-corrected chi connectivity index (χ3v) is 3.83. The highest BCUT2D eigenvalue weighted by molar-refractivity contribution is 7.98. The Kier molecular flexibility index (Phi) is 5.93. The van der Waals surface area contributed by atoms with Crippen LogP contribution in [0.25, 0.3) is 0 Å². The third kappa shape index (κ3) is 5.69. The molecule has 0 spiro atoms. The van der Waals surface area contributed by atoms with Crippen LogP contribution in [-0.2, 0) is 0 Å². The first-order valence-corrected chi connectivity index (χ1v) is 8.36. The molecule has 0 saturated heterocycles. The van der Waals surface area contributed by atoms with Gasteiger partial charge in [0.05, 0.1) is 0 Å². The van der Waals surface area contributed by atoms with Gasteiger partial charge in [0.1, 0.15) is 10.7 Å². The van der Waals surface area contributed by atoms with Crippen LogP contribution < -0.4 is 16.4 Å². The number of carbonyl (C=O) groups excluding carboxylic acids is 1. The van der Waals surface area contributed by atoms with Crippen LogP contribution in [0.15, 0.2) is 0 Å². The largest absolute Gasteiger partial charge is 0.382 e. The number of amides is 1. The fourth-order valence-electron chi connectivity index (χ4n) is 1.37. The number of hydrogen-bond donors (Lipinski definition) is 3. The molecule has 1 amide bonds. The van der Waals surface area contributed by atoms with Crippen LogP contribution in [0.3, 0.4) is 0 Å². The van der Waals surface area contributed by atoms with E-state index in [1.807, 2.05) is 27.0 Å². The van der Waals surface area contributed by atoms with Crippen molar-refractivity contribution in [3.05, 3.63) is 4.88 Å². The molecule has 5 nitrogen and oxygen atoms in total. The summed E-state index contributed by atoms with van der Waals surface area (Å²) in [6, 6.07) is 0. The number of thioether (sulfide) groups is 1. The van der Waals surface area contributed by atoms with E-state index in [9.17, 15) is 4.79 Å². The van der Waals surface area contributed by atoms with Crippen LogP contribution >= 0.6 is 23.1 Å². The maximum atomic E-state index is 12.0. The Bertz CT molecular complexity index is 426. The van der Waals surface area contributed by atoms with Gasteiger partial charge in [-0.05, 0) is 39.2 Å². The third-order valence-electron chi connectivity index (χ3n) is 2.15. The molecule has 0 saturated carbocycles. The molecule has 0 atom stereocenters. The summed E-state index contributed by atoms with van der Waals surface area (Å²) >= 11 is 3.06. The Morgan fingerprint density at radius 2 is 2.16 bits per heavy atom. The highest BCUT2D eigenvalue weighted by atomic mass is 32.2. The second-order valence-electron chi connectivity index (χ2n) is 5.21. The molecule has 1 aromatic heterocycles. The molecular formula is C12H22N4OS2. The van der Waals surface area contributed by atoms with Crippen molar-refractivity contribution in [2.45, 2.75) is 32.7 Å². The van der Waals surface area contributed by atoms with E-state index in [0.717, 1.165) is 12.2 Å². The number of nitrogen functional groups attached to an aromatic ring is 1. The summed E-state index contributed by atoms with van der Waals surface area (Å²) in [6.45, 7) is 6.77. The molecule has 7 heteroatoms. The zero-order valence-corrected chi connectivity index (χ0v) is 13.5. The summed E-state index contributed by atoms with van der Waals surface area (Å²) in [5, 5.41) is 6.76. The molecule has 0 aromatic carbocycles. The van der Waals surface area contributed by atoms with Crippen molar-refractivity contribution < 1.29 is 4.79 Å². The fourth-order valence-corrected chi connectivity index (χ4v) is 2.81. The molecule has 4 N–H and O–H groups in total. The van der Waals surface area contributed by atoms with Gasteiger partial charge in [-0.2, -0.15) is 11.8 Å². The zero-order chi connectivity index (χ0) is 14.5. The van der Waals surface area contributed by atoms with Crippen molar-refractivity contribution >= 4 is 40.0 Å². The number of rotatable bonds is 6. The Morgan fingerprint density at radius 3 is 2.74 bits per heavy atom. The molecule has 0 fully saturated rings. The highest BCUT2D eigenvalue weighted by Gasteiger charge is 2.18. The first-order valence-electron chi connectivity index (χ1n) is 6.15. The number of carbonyl (C=O) groups is 1. The molecule has 1 aromatic rings. The molecule has 1 rings (SSSR count). The van der Waals surface area contributed by atoms with E-state index < -0.39 is 0 Å². The summed E-state index contributed by atoms with van der Waals surface area (Å²) in [5.74, 6) is 1.19. The van der Waals surface area contributed by atoms with Crippen LogP contribution in [0.1, 0.15) is 36.9 Å². The van der Waals surface area contributed by atoms with Crippen LogP contribution in [0, 0.1) is 0 Å². The number of hydrogen-bond acceptors (Lipinski definition) is 6. The molecule has 108 valence electrons. The first-order chi connectivity index (χ1) is 8.83. The molecule has 0 radical (unpaired) electrons. The topological polar surface area (TPSA) is 80.0 Å². The number of nitrogens with two attached hydrogens (primary N) is 1. The Balaban J connectivity index is 2.60. The summed E-state index contributed by atoms with van der Waals surface area (Å²) in [5.41, 5.74) is 5.69. The van der Waals surface area contributed by atoms with E-state index in [-0.39, 0.29) is 11.4 Å². The summed E-state index contributed by atoms with van der Waals surface area (Å²) in [6.07, 6.45) is 3.01. The molecule has 0 aliphatic rings. The minimum atomic E-state index is -0.141. The van der Waals surface area contributed by atoms with E-state index in [1.165, 1.54) is 11.3 Å². The minimum Gasteiger partial charge on any atom is -0.382 e. The predicted molar refractivity (Wildman–Crippen MR) is 85.2 cm³/mol. The summed E-state index contributed by atoms with van der Waals surface area (Å²) in [7, 11) is 0. The number of anilines is 2. The molecule has 0 bridgehead atoms. The lowest BCUT2D eigenvalue weighted by molar-refractivity contribution is 0.0958. The van der Waals surface area contributed by atoms with Gasteiger partial charge in [0.25, 0.3) is 5.91 Å². The highest BCUT2D eigenvalue weighted by Crippen LogP contribution is 2.27. The molecule has 0 unspecified atom stereocenters. The van der Waals surface area contributed by atoms with E-state index in [1.54, 1.807) is 11.8 Å². The molecular weight excluding hydrogens is 280 g/mol. The standard InChI is InChI=1S/C12H22N4OS2/c1-12(2,3)16-11-15-9(13)8(19-11)10(17)14-6-5-7-18-4/h5-7,13H2,1-4H3,(H,14,17)(H,15,16). The quantitative estimate of drug-likeness (QED) is 0.703. The first kappa shape index (κ1) is 16.1. The average Bonchev–Trinajstić information content (AvgIpc) is 2.63. The number of nitrogens with one attached hydrogen (secondary N) is 2. The van der Waals surface area contributed by atoms with Crippen LogP contribution in [0.5, 0.6) is 0 Å². The Hall–Kier alpha value is -0.950. The van der Waals surface area contributed by atoms with Crippen molar-refractivity contribution in [3.63, 3.8) is 0 Å². The van der Waals surface area contributed by atoms with Crippen molar-refractivity contribution in [2.24, 2.45) is 0 Å². The van der Waals surface area contributed by atoms with Crippen molar-refractivity contribution in [2.75, 3.05) is 29.6 Å². The van der Waals surface area contributed by atoms with E-state index >= 15 is 0 Å². The van der Waals surface area contributed by atoms with Gasteiger partial charge in [0.2, 0.25) is 0 Å². The Labute approximate surface area is 122 Å². The second kappa shape index (κ2) is 7.00. The predicted octanol–water partition coefficient (Wildman–Crippen LogP) is 2.42. The lowest BCUT2D eigenvalue weighted by atomic mass is 10.1. The number of nitrogens with zero attached hydrogens (tertiary/aromatic N) is 1. The van der Waals surface area contributed by atoms with Gasteiger partial charge in [-0.3, -0.25) is 4.79 Å². The van der Waals surface area contributed by atoms with Crippen LogP contribution in [0.2, 0.25) is 0 Å². The SMILES string of the molecule is CSCCCNC(=O)c1sc(NC(C)(C)C)nc1N. The van der Waals surface area contributed by atoms with Gasteiger partial charge < -0.3 is 16.4 Å². The van der Waals surface area contributed by atoms with Gasteiger partial charge in [-0.1, -0.05) is 11.3 Å². The van der Waals surface area contributed by atoms with Gasteiger partial charge in [0, 0.05) is 12.1 Å². The number of aromatic nitrogens is 1. The van der Waals surface area contributed by atoms with Crippen molar-refractivity contribution in [1.82, 2.24) is 10.3 Å². The minimum absolute atomic E-state index is 0.101. The molecule has 0 aliphatic carbocycles. The van der Waals surface area contributed by atoms with E-state index in [0.29, 0.717) is 22.4 Å². The van der Waals surface area contributed by atoms with Crippen LogP contribution in [0.4, 0.5) is 10.9 Å². The van der Waals surface area contributed by atoms with Crippen LogP contribution in [-0.4, -0.2) is 35.0 Å². The molecule has 19 heavy (non-hydrogen) atoms. The van der Waals surface area contributed by atoms with Crippen molar-refractivity contribution in [1.29, 1.82) is 0 Å². The maximum absolute atomic E-state index is 12.0. The van der Waals surface area contributed by atoms with Gasteiger partial charge >= 0.3 is 0 Å². The fraction of sp³-hybridized carbons (Fsp3) is 0.667. The van der Waals surface area contributed by atoms with Gasteiger partial charge in [-0.25, -0.2) is 4.98 Å². The lowest BCUT2D eigenvalue weighted by Crippen LogP contribution is -2.25. The van der Waals surface area contributed by atoms with Gasteiger partial charge in [-0.15, -0.1) is 0 Å².